The summed E-state index contributed by atoms with van der Waals surface area (Å²) in [4.78, 5) is 23.5. The highest BCUT2D eigenvalue weighted by Gasteiger charge is 2.10. The lowest BCUT2D eigenvalue weighted by atomic mass is 10.1. The smallest absolute Gasteiger partial charge is 0.352 e. The molecular formula is C11H8N2O4. The summed E-state index contributed by atoms with van der Waals surface area (Å²) in [6.45, 7) is 0. The van der Waals surface area contributed by atoms with E-state index < -0.39 is 10.9 Å². The van der Waals surface area contributed by atoms with Crippen molar-refractivity contribution in [2.45, 2.75) is 0 Å². The normalized spacial score (nSPS) is 10.1. The highest BCUT2D eigenvalue weighted by Crippen LogP contribution is 2.23. The van der Waals surface area contributed by atoms with Gasteiger partial charge in [-0.25, -0.2) is 4.79 Å². The molecule has 2 N–H and O–H groups in total. The molecule has 0 aliphatic carbocycles. The average molecular weight is 232 g/mol. The van der Waals surface area contributed by atoms with Crippen molar-refractivity contribution in [2.24, 2.45) is 0 Å². The number of carbonyl (C=O) groups is 1. The minimum absolute atomic E-state index is 0.0334. The Labute approximate surface area is 95.7 Å². The predicted octanol–water partition coefficient (Wildman–Crippen LogP) is 2.29. The SMILES string of the molecule is O=C(O)c1ccc(-c2cccc([N+](=O)[O-])c2)[nH]1. The summed E-state index contributed by atoms with van der Waals surface area (Å²) < 4.78 is 0. The fraction of sp³-hybridized carbons (Fsp3) is 0. The zero-order chi connectivity index (χ0) is 12.4. The Morgan fingerprint density at radius 1 is 1.29 bits per heavy atom. The maximum Gasteiger partial charge on any atom is 0.352 e. The van der Waals surface area contributed by atoms with Crippen LogP contribution in [-0.2, 0) is 0 Å². The van der Waals surface area contributed by atoms with Gasteiger partial charge in [0.1, 0.15) is 5.69 Å². The highest BCUT2D eigenvalue weighted by atomic mass is 16.6. The molecule has 0 atom stereocenters. The molecule has 86 valence electrons. The Kier molecular flexibility index (Phi) is 2.61. The van der Waals surface area contributed by atoms with Crippen LogP contribution in [0.4, 0.5) is 5.69 Å². The van der Waals surface area contributed by atoms with E-state index in [1.54, 1.807) is 18.2 Å². The fourth-order valence-electron chi connectivity index (χ4n) is 1.48. The Bertz CT molecular complexity index is 589. The molecule has 0 saturated heterocycles. The van der Waals surface area contributed by atoms with Gasteiger partial charge in [0.15, 0.2) is 0 Å². The summed E-state index contributed by atoms with van der Waals surface area (Å²) in [7, 11) is 0. The molecule has 0 bridgehead atoms. The minimum Gasteiger partial charge on any atom is -0.477 e. The molecule has 0 saturated carbocycles. The summed E-state index contributed by atoms with van der Waals surface area (Å²) in [6, 6.07) is 8.97. The third-order valence-corrected chi connectivity index (χ3v) is 2.28. The average Bonchev–Trinajstić information content (AvgIpc) is 2.78. The molecule has 2 aromatic rings. The summed E-state index contributed by atoms with van der Waals surface area (Å²) in [5, 5.41) is 19.3. The summed E-state index contributed by atoms with van der Waals surface area (Å²) >= 11 is 0. The summed E-state index contributed by atoms with van der Waals surface area (Å²) in [6.07, 6.45) is 0. The van der Waals surface area contributed by atoms with Gasteiger partial charge in [-0.3, -0.25) is 10.1 Å². The van der Waals surface area contributed by atoms with Gasteiger partial charge in [0, 0.05) is 23.4 Å². The van der Waals surface area contributed by atoms with Gasteiger partial charge in [-0.1, -0.05) is 12.1 Å². The van der Waals surface area contributed by atoms with E-state index in [1.165, 1.54) is 18.2 Å². The molecule has 0 aliphatic heterocycles. The van der Waals surface area contributed by atoms with Gasteiger partial charge in [-0.2, -0.15) is 0 Å². The van der Waals surface area contributed by atoms with Crippen molar-refractivity contribution in [1.29, 1.82) is 0 Å². The summed E-state index contributed by atoms with van der Waals surface area (Å²) in [5.74, 6) is -1.07. The molecule has 0 fully saturated rings. The Balaban J connectivity index is 2.42. The quantitative estimate of drug-likeness (QED) is 0.626. The van der Waals surface area contributed by atoms with Gasteiger partial charge >= 0.3 is 5.97 Å². The van der Waals surface area contributed by atoms with E-state index in [1.807, 2.05) is 0 Å². The molecule has 0 radical (unpaired) electrons. The fourth-order valence-corrected chi connectivity index (χ4v) is 1.48. The van der Waals surface area contributed by atoms with Crippen LogP contribution in [0.3, 0.4) is 0 Å². The van der Waals surface area contributed by atoms with Crippen LogP contribution in [0.2, 0.25) is 0 Å². The van der Waals surface area contributed by atoms with Crippen LogP contribution in [0.25, 0.3) is 11.3 Å². The van der Waals surface area contributed by atoms with Crippen LogP contribution >= 0.6 is 0 Å². The number of nitro benzene ring substituents is 1. The number of hydrogen-bond donors (Lipinski definition) is 2. The molecule has 1 aromatic carbocycles. The molecule has 0 amide bonds. The molecule has 6 heteroatoms. The maximum atomic E-state index is 10.7. The second kappa shape index (κ2) is 4.09. The first-order valence-corrected chi connectivity index (χ1v) is 4.75. The lowest BCUT2D eigenvalue weighted by Crippen LogP contribution is -1.95. The first-order chi connectivity index (χ1) is 8.08. The Morgan fingerprint density at radius 2 is 2.06 bits per heavy atom. The number of nitrogens with one attached hydrogen (secondary N) is 1. The number of hydrogen-bond acceptors (Lipinski definition) is 3. The van der Waals surface area contributed by atoms with E-state index in [0.29, 0.717) is 11.3 Å². The van der Waals surface area contributed by atoms with Crippen molar-refractivity contribution < 1.29 is 14.8 Å². The van der Waals surface area contributed by atoms with Crippen molar-refractivity contribution in [3.8, 4) is 11.3 Å². The van der Waals surface area contributed by atoms with Crippen molar-refractivity contribution in [3.05, 3.63) is 52.2 Å². The second-order valence-electron chi connectivity index (χ2n) is 3.40. The van der Waals surface area contributed by atoms with Crippen LogP contribution in [0.5, 0.6) is 0 Å². The monoisotopic (exact) mass is 232 g/mol. The van der Waals surface area contributed by atoms with Gasteiger partial charge in [0.05, 0.1) is 4.92 Å². The lowest BCUT2D eigenvalue weighted by molar-refractivity contribution is -0.384. The maximum absolute atomic E-state index is 10.7. The van der Waals surface area contributed by atoms with Crippen molar-refractivity contribution >= 4 is 11.7 Å². The van der Waals surface area contributed by atoms with E-state index in [4.69, 9.17) is 5.11 Å². The number of rotatable bonds is 3. The number of non-ortho nitro benzene ring substituents is 1. The number of aromatic carboxylic acids is 1. The number of nitro groups is 1. The number of carboxylic acids is 1. The van der Waals surface area contributed by atoms with Crippen LogP contribution in [-0.4, -0.2) is 21.0 Å². The van der Waals surface area contributed by atoms with Gasteiger partial charge in [-0.15, -0.1) is 0 Å². The standard InChI is InChI=1S/C11H8N2O4/c14-11(15)10-5-4-9(12-10)7-2-1-3-8(6-7)13(16)17/h1-6,12H,(H,14,15). The van der Waals surface area contributed by atoms with E-state index in [2.05, 4.69) is 4.98 Å². The van der Waals surface area contributed by atoms with Crippen LogP contribution in [0.15, 0.2) is 36.4 Å². The van der Waals surface area contributed by atoms with E-state index in [0.717, 1.165) is 0 Å². The van der Waals surface area contributed by atoms with E-state index >= 15 is 0 Å². The molecule has 2 rings (SSSR count). The van der Waals surface area contributed by atoms with E-state index in [9.17, 15) is 14.9 Å². The second-order valence-corrected chi connectivity index (χ2v) is 3.40. The van der Waals surface area contributed by atoms with Crippen LogP contribution < -0.4 is 0 Å². The first-order valence-electron chi connectivity index (χ1n) is 4.75. The molecule has 0 spiro atoms. The topological polar surface area (TPSA) is 96.2 Å². The van der Waals surface area contributed by atoms with Crippen LogP contribution in [0, 0.1) is 10.1 Å². The molecular weight excluding hydrogens is 224 g/mol. The number of carboxylic acid groups (broad SMARTS) is 1. The highest BCUT2D eigenvalue weighted by molar-refractivity contribution is 5.86. The zero-order valence-corrected chi connectivity index (χ0v) is 8.58. The minimum atomic E-state index is -1.07. The predicted molar refractivity (Wildman–Crippen MR) is 59.8 cm³/mol. The lowest BCUT2D eigenvalue weighted by Gasteiger charge is -1.97. The van der Waals surface area contributed by atoms with E-state index in [-0.39, 0.29) is 11.4 Å². The Hall–Kier alpha value is -2.63. The third-order valence-electron chi connectivity index (χ3n) is 2.28. The van der Waals surface area contributed by atoms with Gasteiger partial charge in [0.25, 0.3) is 5.69 Å². The first kappa shape index (κ1) is 10.9. The van der Waals surface area contributed by atoms with Crippen LogP contribution in [0.1, 0.15) is 10.5 Å². The molecule has 1 aromatic heterocycles. The molecule has 17 heavy (non-hydrogen) atoms. The number of H-pyrrole nitrogens is 1. The molecule has 1 heterocycles. The largest absolute Gasteiger partial charge is 0.477 e. The number of aromatic amines is 1. The molecule has 0 aliphatic rings. The summed E-state index contributed by atoms with van der Waals surface area (Å²) in [5.41, 5.74) is 1.12. The van der Waals surface area contributed by atoms with Crippen molar-refractivity contribution in [3.63, 3.8) is 0 Å². The van der Waals surface area contributed by atoms with Gasteiger partial charge in [-0.05, 0) is 12.1 Å². The Morgan fingerprint density at radius 3 is 2.65 bits per heavy atom. The zero-order valence-electron chi connectivity index (χ0n) is 8.58. The van der Waals surface area contributed by atoms with Gasteiger partial charge in [0.2, 0.25) is 0 Å². The number of nitrogens with zero attached hydrogens (tertiary/aromatic N) is 1. The van der Waals surface area contributed by atoms with Crippen molar-refractivity contribution in [1.82, 2.24) is 4.98 Å². The van der Waals surface area contributed by atoms with Crippen molar-refractivity contribution in [2.75, 3.05) is 0 Å². The number of benzene rings is 1. The molecule has 6 nitrogen and oxygen atoms in total. The number of aromatic nitrogens is 1. The third kappa shape index (κ3) is 2.15. The van der Waals surface area contributed by atoms with Gasteiger partial charge < -0.3 is 10.1 Å². The molecule has 0 unspecified atom stereocenters.